The number of carbonyl (C=O) groups is 1. The van der Waals surface area contributed by atoms with E-state index in [0.29, 0.717) is 6.42 Å². The lowest BCUT2D eigenvalue weighted by Gasteiger charge is -2.42. The van der Waals surface area contributed by atoms with Gasteiger partial charge in [0.05, 0.1) is 18.1 Å². The molecule has 0 saturated carbocycles. The molecule has 0 aliphatic carbocycles. The zero-order chi connectivity index (χ0) is 18.8. The number of hydrogen-bond acceptors (Lipinski definition) is 5. The molecule has 1 aliphatic heterocycles. The molecule has 7 nitrogen and oxygen atoms in total. The van der Waals surface area contributed by atoms with Crippen molar-refractivity contribution in [3.63, 3.8) is 0 Å². The number of piperidine rings is 1. The third-order valence-corrected chi connectivity index (χ3v) is 6.47. The summed E-state index contributed by atoms with van der Waals surface area (Å²) in [5, 5.41) is 19.8. The molecule has 1 aromatic rings. The molecule has 0 spiro atoms. The van der Waals surface area contributed by atoms with E-state index in [1.165, 1.54) is 19.2 Å². The number of methoxy groups -OCH3 is 1. The van der Waals surface area contributed by atoms with Crippen LogP contribution in [0.4, 0.5) is 4.39 Å². The molecule has 1 heterocycles. The minimum atomic E-state index is -4.09. The minimum Gasteiger partial charge on any atom is -0.494 e. The molecule has 0 amide bonds. The molecule has 0 radical (unpaired) electrons. The third-order valence-electron chi connectivity index (χ3n) is 4.63. The number of nitrogens with zero attached hydrogens (tertiary/aromatic N) is 1. The first-order valence-corrected chi connectivity index (χ1v) is 9.38. The molecule has 25 heavy (non-hydrogen) atoms. The van der Waals surface area contributed by atoms with Crippen LogP contribution in [0.5, 0.6) is 5.75 Å². The summed E-state index contributed by atoms with van der Waals surface area (Å²) >= 11 is 0. The van der Waals surface area contributed by atoms with Crippen LogP contribution < -0.4 is 4.74 Å². The van der Waals surface area contributed by atoms with E-state index < -0.39 is 33.3 Å². The molecule has 1 saturated heterocycles. The van der Waals surface area contributed by atoms with Gasteiger partial charge in [0.1, 0.15) is 5.41 Å². The van der Waals surface area contributed by atoms with Gasteiger partial charge in [0.25, 0.3) is 0 Å². The Morgan fingerprint density at radius 2 is 2.16 bits per heavy atom. The molecular formula is C16H22FNO6S. The highest BCUT2D eigenvalue weighted by Crippen LogP contribution is 2.37. The maximum atomic E-state index is 13.9. The second kappa shape index (κ2) is 7.27. The zero-order valence-electron chi connectivity index (χ0n) is 14.1. The normalized spacial score (nSPS) is 24.9. The predicted octanol–water partition coefficient (Wildman–Crippen LogP) is 1.46. The second-order valence-electron chi connectivity index (χ2n) is 6.15. The largest absolute Gasteiger partial charge is 0.494 e. The molecule has 0 aromatic heterocycles. The number of aliphatic hydroxyl groups excluding tert-OH is 1. The summed E-state index contributed by atoms with van der Waals surface area (Å²) in [7, 11) is -2.82. The van der Waals surface area contributed by atoms with E-state index in [2.05, 4.69) is 0 Å². The van der Waals surface area contributed by atoms with Gasteiger partial charge >= 0.3 is 5.97 Å². The van der Waals surface area contributed by atoms with Crippen LogP contribution in [0.25, 0.3) is 0 Å². The third kappa shape index (κ3) is 3.49. The summed E-state index contributed by atoms with van der Waals surface area (Å²) in [4.78, 5) is 11.5. The van der Waals surface area contributed by atoms with Crippen LogP contribution in [0.3, 0.4) is 0 Å². The molecule has 1 aliphatic rings. The Balaban J connectivity index is 2.39. The van der Waals surface area contributed by atoms with Gasteiger partial charge < -0.3 is 14.9 Å². The molecular weight excluding hydrogens is 353 g/mol. The summed E-state index contributed by atoms with van der Waals surface area (Å²) in [6, 6.07) is 3.27. The standard InChI is InChI=1S/C16H22FNO6S/c1-3-7-16(15(20)21)10-18(8-6-14(16)19)25(22,23)11-4-5-13(24-2)12(17)9-11/h4-5,9,14,19H,3,6-8,10H2,1-2H3,(H,20,21)/t14-,16-/m0/s1. The topological polar surface area (TPSA) is 104 Å². The van der Waals surface area contributed by atoms with Crippen LogP contribution in [0.2, 0.25) is 0 Å². The smallest absolute Gasteiger partial charge is 0.313 e. The van der Waals surface area contributed by atoms with Crippen molar-refractivity contribution in [1.29, 1.82) is 0 Å². The first kappa shape index (κ1) is 19.6. The lowest BCUT2D eigenvalue weighted by molar-refractivity contribution is -0.161. The highest BCUT2D eigenvalue weighted by molar-refractivity contribution is 7.89. The monoisotopic (exact) mass is 375 g/mol. The van der Waals surface area contributed by atoms with Crippen molar-refractivity contribution in [1.82, 2.24) is 4.31 Å². The van der Waals surface area contributed by atoms with Crippen molar-refractivity contribution in [2.45, 2.75) is 37.2 Å². The van der Waals surface area contributed by atoms with Gasteiger partial charge in [-0.2, -0.15) is 4.31 Å². The summed E-state index contributed by atoms with van der Waals surface area (Å²) in [6.45, 7) is 1.38. The van der Waals surface area contributed by atoms with Gasteiger partial charge in [-0.25, -0.2) is 12.8 Å². The van der Waals surface area contributed by atoms with Crippen molar-refractivity contribution < 1.29 is 32.6 Å². The van der Waals surface area contributed by atoms with E-state index in [-0.39, 0.29) is 36.6 Å². The lowest BCUT2D eigenvalue weighted by atomic mass is 9.74. The van der Waals surface area contributed by atoms with E-state index in [4.69, 9.17) is 4.74 Å². The number of carboxylic acid groups (broad SMARTS) is 1. The first-order chi connectivity index (χ1) is 11.7. The lowest BCUT2D eigenvalue weighted by Crippen LogP contribution is -2.57. The highest BCUT2D eigenvalue weighted by Gasteiger charge is 2.50. The van der Waals surface area contributed by atoms with Gasteiger partial charge in [0, 0.05) is 13.1 Å². The SMILES string of the molecule is CCC[C@]1(C(=O)O)CN(S(=O)(=O)c2ccc(OC)c(F)c2)CC[C@@H]1O. The number of carboxylic acids is 1. The van der Waals surface area contributed by atoms with E-state index in [9.17, 15) is 27.8 Å². The molecule has 1 aromatic carbocycles. The number of aliphatic carboxylic acids is 1. The van der Waals surface area contributed by atoms with Crippen molar-refractivity contribution in [2.75, 3.05) is 20.2 Å². The Morgan fingerprint density at radius 1 is 1.48 bits per heavy atom. The average Bonchev–Trinajstić information content (AvgIpc) is 2.56. The van der Waals surface area contributed by atoms with Crippen LogP contribution in [-0.2, 0) is 14.8 Å². The number of aliphatic hydroxyl groups is 1. The number of ether oxygens (including phenoxy) is 1. The van der Waals surface area contributed by atoms with Crippen LogP contribution in [0, 0.1) is 11.2 Å². The maximum Gasteiger partial charge on any atom is 0.313 e. The van der Waals surface area contributed by atoms with Crippen molar-refractivity contribution in [2.24, 2.45) is 5.41 Å². The van der Waals surface area contributed by atoms with E-state index in [1.54, 1.807) is 6.92 Å². The maximum absolute atomic E-state index is 13.9. The molecule has 2 atom stereocenters. The Kier molecular flexibility index (Phi) is 5.70. The second-order valence-corrected chi connectivity index (χ2v) is 8.09. The Bertz CT molecular complexity index is 753. The number of rotatable bonds is 6. The number of sulfonamides is 1. The molecule has 0 unspecified atom stereocenters. The van der Waals surface area contributed by atoms with Crippen molar-refractivity contribution >= 4 is 16.0 Å². The Morgan fingerprint density at radius 3 is 2.68 bits per heavy atom. The van der Waals surface area contributed by atoms with Gasteiger partial charge in [-0.1, -0.05) is 13.3 Å². The summed E-state index contributed by atoms with van der Waals surface area (Å²) in [5.74, 6) is -2.14. The van der Waals surface area contributed by atoms with Gasteiger partial charge in [0.15, 0.2) is 11.6 Å². The number of halogens is 1. The Labute approximate surface area is 146 Å². The van der Waals surface area contributed by atoms with E-state index >= 15 is 0 Å². The summed E-state index contributed by atoms with van der Waals surface area (Å²) < 4.78 is 45.3. The molecule has 140 valence electrons. The van der Waals surface area contributed by atoms with Crippen LogP contribution in [0.1, 0.15) is 26.2 Å². The first-order valence-electron chi connectivity index (χ1n) is 7.94. The zero-order valence-corrected chi connectivity index (χ0v) is 14.9. The quantitative estimate of drug-likeness (QED) is 0.780. The van der Waals surface area contributed by atoms with Crippen LogP contribution >= 0.6 is 0 Å². The van der Waals surface area contributed by atoms with Gasteiger partial charge in [-0.3, -0.25) is 4.79 Å². The van der Waals surface area contributed by atoms with Gasteiger partial charge in [0.2, 0.25) is 10.0 Å². The molecule has 0 bridgehead atoms. The number of hydrogen-bond donors (Lipinski definition) is 2. The fourth-order valence-electron chi connectivity index (χ4n) is 3.21. The van der Waals surface area contributed by atoms with Gasteiger partial charge in [-0.05, 0) is 31.0 Å². The van der Waals surface area contributed by atoms with Crippen molar-refractivity contribution in [3.8, 4) is 5.75 Å². The fraction of sp³-hybridized carbons (Fsp3) is 0.562. The molecule has 2 rings (SSSR count). The number of benzene rings is 1. The van der Waals surface area contributed by atoms with Crippen LogP contribution in [-0.4, -0.2) is 55.2 Å². The molecule has 1 fully saturated rings. The average molecular weight is 375 g/mol. The molecule has 9 heteroatoms. The van der Waals surface area contributed by atoms with Crippen molar-refractivity contribution in [3.05, 3.63) is 24.0 Å². The summed E-state index contributed by atoms with van der Waals surface area (Å²) in [6.07, 6.45) is -0.505. The van der Waals surface area contributed by atoms with E-state index in [0.717, 1.165) is 10.4 Å². The predicted molar refractivity (Wildman–Crippen MR) is 87.3 cm³/mol. The van der Waals surface area contributed by atoms with Crippen LogP contribution in [0.15, 0.2) is 23.1 Å². The minimum absolute atomic E-state index is 0.00413. The summed E-state index contributed by atoms with van der Waals surface area (Å²) in [5.41, 5.74) is -1.56. The van der Waals surface area contributed by atoms with Gasteiger partial charge in [-0.15, -0.1) is 0 Å². The Hall–Kier alpha value is -1.71. The fourth-order valence-corrected chi connectivity index (χ4v) is 4.75. The highest BCUT2D eigenvalue weighted by atomic mass is 32.2. The van der Waals surface area contributed by atoms with E-state index in [1.807, 2.05) is 0 Å². The molecule has 2 N–H and O–H groups in total.